The van der Waals surface area contributed by atoms with E-state index in [1.165, 1.54) is 19.3 Å². The van der Waals surface area contributed by atoms with Gasteiger partial charge in [0.2, 0.25) is 0 Å². The summed E-state index contributed by atoms with van der Waals surface area (Å²) in [7, 11) is 0. The summed E-state index contributed by atoms with van der Waals surface area (Å²) < 4.78 is 0. The fourth-order valence-corrected chi connectivity index (χ4v) is 2.85. The monoisotopic (exact) mass is 253 g/mol. The van der Waals surface area contributed by atoms with Crippen LogP contribution in [0.4, 0.5) is 4.79 Å². The number of rotatable bonds is 0. The topological polar surface area (TPSA) is 26.8 Å². The molecule has 4 heteroatoms. The zero-order valence-electron chi connectivity index (χ0n) is 12.1. The Morgan fingerprint density at radius 1 is 0.778 bits per heavy atom. The maximum Gasteiger partial charge on any atom is 0.320 e. The molecule has 0 aromatic rings. The maximum absolute atomic E-state index is 12.3. The number of urea groups is 1. The van der Waals surface area contributed by atoms with Crippen molar-refractivity contribution in [3.05, 3.63) is 0 Å². The zero-order chi connectivity index (χ0) is 13.2. The highest BCUT2D eigenvalue weighted by Crippen LogP contribution is 2.17. The maximum atomic E-state index is 12.3. The van der Waals surface area contributed by atoms with Gasteiger partial charge in [-0.25, -0.2) is 4.79 Å². The van der Waals surface area contributed by atoms with Crippen LogP contribution < -0.4 is 0 Å². The first-order chi connectivity index (χ1) is 8.48. The molecule has 2 aliphatic rings. The predicted octanol–water partition coefficient (Wildman–Crippen LogP) is 2.01. The molecular weight excluding hydrogens is 226 g/mol. The van der Waals surface area contributed by atoms with E-state index in [2.05, 4.69) is 25.7 Å². The number of hydrogen-bond donors (Lipinski definition) is 0. The van der Waals surface area contributed by atoms with Crippen LogP contribution in [0, 0.1) is 0 Å². The second-order valence-corrected chi connectivity index (χ2v) is 6.48. The molecule has 2 amide bonds. The zero-order valence-corrected chi connectivity index (χ0v) is 12.1. The number of piperazine rings is 1. The Morgan fingerprint density at radius 2 is 1.28 bits per heavy atom. The minimum atomic E-state index is 0.222. The smallest absolute Gasteiger partial charge is 0.320 e. The van der Waals surface area contributed by atoms with Gasteiger partial charge in [-0.3, -0.25) is 4.90 Å². The van der Waals surface area contributed by atoms with Gasteiger partial charge in [-0.2, -0.15) is 0 Å². The van der Waals surface area contributed by atoms with Crippen molar-refractivity contribution in [3.63, 3.8) is 0 Å². The van der Waals surface area contributed by atoms with Crippen molar-refractivity contribution in [2.45, 2.75) is 45.6 Å². The van der Waals surface area contributed by atoms with Crippen molar-refractivity contribution in [1.29, 1.82) is 0 Å². The lowest BCUT2D eigenvalue weighted by Crippen LogP contribution is -2.57. The fourth-order valence-electron chi connectivity index (χ4n) is 2.85. The molecule has 2 saturated heterocycles. The van der Waals surface area contributed by atoms with Crippen LogP contribution in [0.5, 0.6) is 0 Å². The fraction of sp³-hybridized carbons (Fsp3) is 0.929. The molecule has 0 aliphatic carbocycles. The number of carbonyl (C=O) groups excluding carboxylic acids is 1. The van der Waals surface area contributed by atoms with Crippen molar-refractivity contribution < 1.29 is 4.79 Å². The summed E-state index contributed by atoms with van der Waals surface area (Å²) in [6.45, 7) is 12.4. The molecule has 0 aromatic heterocycles. The van der Waals surface area contributed by atoms with E-state index in [1.54, 1.807) is 0 Å². The Hall–Kier alpha value is -0.770. The summed E-state index contributed by atoms with van der Waals surface area (Å²) in [5.41, 5.74) is 0.222. The lowest BCUT2D eigenvalue weighted by atomic mass is 10.1. The molecule has 0 bridgehead atoms. The Balaban J connectivity index is 1.83. The van der Waals surface area contributed by atoms with E-state index >= 15 is 0 Å². The van der Waals surface area contributed by atoms with Crippen molar-refractivity contribution in [2.75, 3.05) is 39.3 Å². The summed E-state index contributed by atoms with van der Waals surface area (Å²) in [4.78, 5) is 18.9. The molecular formula is C14H27N3O. The number of amides is 2. The van der Waals surface area contributed by atoms with Crippen molar-refractivity contribution in [1.82, 2.24) is 14.7 Å². The van der Waals surface area contributed by atoms with Crippen molar-refractivity contribution in [2.24, 2.45) is 0 Å². The van der Waals surface area contributed by atoms with Crippen molar-refractivity contribution >= 4 is 6.03 Å². The first-order valence-corrected chi connectivity index (χ1v) is 7.27. The summed E-state index contributed by atoms with van der Waals surface area (Å²) in [6.07, 6.45) is 3.63. The first kappa shape index (κ1) is 13.7. The van der Waals surface area contributed by atoms with Crippen LogP contribution in [-0.2, 0) is 0 Å². The molecule has 2 rings (SSSR count). The molecule has 0 atom stereocenters. The number of likely N-dealkylation sites (tertiary alicyclic amines) is 1. The van der Waals surface area contributed by atoms with Gasteiger partial charge >= 0.3 is 6.03 Å². The van der Waals surface area contributed by atoms with Crippen LogP contribution in [-0.4, -0.2) is 65.5 Å². The predicted molar refractivity (Wildman–Crippen MR) is 73.7 cm³/mol. The molecule has 0 N–H and O–H groups in total. The van der Waals surface area contributed by atoms with Gasteiger partial charge in [0.15, 0.2) is 0 Å². The second kappa shape index (κ2) is 5.47. The van der Waals surface area contributed by atoms with Gasteiger partial charge in [0.1, 0.15) is 0 Å². The summed E-state index contributed by atoms with van der Waals surface area (Å²) in [5, 5.41) is 0. The summed E-state index contributed by atoms with van der Waals surface area (Å²) in [6, 6.07) is 0.267. The van der Waals surface area contributed by atoms with Crippen LogP contribution in [0.25, 0.3) is 0 Å². The molecule has 104 valence electrons. The van der Waals surface area contributed by atoms with E-state index in [-0.39, 0.29) is 11.6 Å². The quantitative estimate of drug-likeness (QED) is 0.660. The summed E-state index contributed by atoms with van der Waals surface area (Å²) in [5.74, 6) is 0. The molecule has 4 nitrogen and oxygen atoms in total. The van der Waals surface area contributed by atoms with Gasteiger partial charge in [-0.05, 0) is 40.0 Å². The van der Waals surface area contributed by atoms with Crippen LogP contribution >= 0.6 is 0 Å². The van der Waals surface area contributed by atoms with Gasteiger partial charge in [-0.1, -0.05) is 0 Å². The molecule has 0 unspecified atom stereocenters. The number of carbonyl (C=O) groups is 1. The number of hydrogen-bond acceptors (Lipinski definition) is 2. The van der Waals surface area contributed by atoms with E-state index in [0.29, 0.717) is 0 Å². The van der Waals surface area contributed by atoms with Crippen LogP contribution in [0.1, 0.15) is 40.0 Å². The van der Waals surface area contributed by atoms with E-state index in [4.69, 9.17) is 0 Å². The Kier molecular flexibility index (Phi) is 4.15. The van der Waals surface area contributed by atoms with Crippen molar-refractivity contribution in [3.8, 4) is 0 Å². The third kappa shape index (κ3) is 3.16. The standard InChI is InChI=1S/C14H27N3O/c1-14(2,3)17-11-9-16(10-12-17)13(18)15-7-5-4-6-8-15/h4-12H2,1-3H3. The minimum absolute atomic E-state index is 0.222. The highest BCUT2D eigenvalue weighted by atomic mass is 16.2. The number of piperidine rings is 1. The molecule has 0 spiro atoms. The molecule has 18 heavy (non-hydrogen) atoms. The molecule has 2 fully saturated rings. The first-order valence-electron chi connectivity index (χ1n) is 7.27. The van der Waals surface area contributed by atoms with E-state index in [1.807, 2.05) is 9.80 Å². The van der Waals surface area contributed by atoms with Crippen LogP contribution in [0.2, 0.25) is 0 Å². The highest BCUT2D eigenvalue weighted by Gasteiger charge is 2.29. The Bertz CT molecular complexity index is 284. The normalized spacial score (nSPS) is 23.3. The summed E-state index contributed by atoms with van der Waals surface area (Å²) >= 11 is 0. The lowest BCUT2D eigenvalue weighted by Gasteiger charge is -2.43. The van der Waals surface area contributed by atoms with E-state index in [9.17, 15) is 4.79 Å². The molecule has 0 saturated carbocycles. The highest BCUT2D eigenvalue weighted by molar-refractivity contribution is 5.74. The molecule has 2 heterocycles. The van der Waals surface area contributed by atoms with E-state index < -0.39 is 0 Å². The average molecular weight is 253 g/mol. The molecule has 0 aromatic carbocycles. The van der Waals surface area contributed by atoms with E-state index in [0.717, 1.165) is 39.3 Å². The van der Waals surface area contributed by atoms with Crippen LogP contribution in [0.15, 0.2) is 0 Å². The average Bonchev–Trinajstić information content (AvgIpc) is 2.38. The largest absolute Gasteiger partial charge is 0.325 e. The molecule has 0 radical (unpaired) electrons. The molecule has 2 aliphatic heterocycles. The SMILES string of the molecule is CC(C)(C)N1CCN(C(=O)N2CCCCC2)CC1. The second-order valence-electron chi connectivity index (χ2n) is 6.48. The van der Waals surface area contributed by atoms with Gasteiger partial charge in [0.05, 0.1) is 0 Å². The van der Waals surface area contributed by atoms with Gasteiger partial charge in [0, 0.05) is 44.8 Å². The lowest BCUT2D eigenvalue weighted by molar-refractivity contribution is 0.0621. The number of nitrogens with zero attached hydrogens (tertiary/aromatic N) is 3. The minimum Gasteiger partial charge on any atom is -0.325 e. The van der Waals surface area contributed by atoms with Gasteiger partial charge < -0.3 is 9.80 Å². The van der Waals surface area contributed by atoms with Crippen LogP contribution in [0.3, 0.4) is 0 Å². The van der Waals surface area contributed by atoms with Gasteiger partial charge in [-0.15, -0.1) is 0 Å². The van der Waals surface area contributed by atoms with Gasteiger partial charge in [0.25, 0.3) is 0 Å². The third-order valence-corrected chi connectivity index (χ3v) is 4.13. The Labute approximate surface area is 111 Å². The Morgan fingerprint density at radius 3 is 1.78 bits per heavy atom. The third-order valence-electron chi connectivity index (χ3n) is 4.13.